The Morgan fingerprint density at radius 3 is 2.76 bits per heavy atom. The molecule has 2 rings (SSSR count). The van der Waals surface area contributed by atoms with Crippen LogP contribution in [0, 0.1) is 0 Å². The number of anilines is 1. The average Bonchev–Trinajstić information content (AvgIpc) is 2.50. The highest BCUT2D eigenvalue weighted by Gasteiger charge is 2.27. The van der Waals surface area contributed by atoms with Gasteiger partial charge in [-0.15, -0.1) is 11.3 Å². The molecule has 3 nitrogen and oxygen atoms in total. The predicted molar refractivity (Wildman–Crippen MR) is 73.8 cm³/mol. The number of carbonyl (C=O) groups excluding carboxylic acids is 1. The standard InChI is InChI=1S/C12H17NO2S2/c1-12(2,3)15-11(14)9-7-4-5-16-6-8(7)17-10(9)13/h4-6,13H2,1-3H3. The van der Waals surface area contributed by atoms with Gasteiger partial charge in [-0.2, -0.15) is 11.8 Å². The summed E-state index contributed by atoms with van der Waals surface area (Å²) in [5, 5.41) is 0.603. The van der Waals surface area contributed by atoms with Gasteiger partial charge in [0.25, 0.3) is 0 Å². The van der Waals surface area contributed by atoms with Gasteiger partial charge in [-0.05, 0) is 38.5 Å². The number of carbonyl (C=O) groups is 1. The molecule has 0 amide bonds. The van der Waals surface area contributed by atoms with Gasteiger partial charge in [0.2, 0.25) is 0 Å². The predicted octanol–water partition coefficient (Wildman–Crippen LogP) is 3.07. The SMILES string of the molecule is CC(C)(C)OC(=O)c1c(N)sc2c1CCSC2. The van der Waals surface area contributed by atoms with E-state index in [1.165, 1.54) is 16.2 Å². The van der Waals surface area contributed by atoms with Gasteiger partial charge in [0.05, 0.1) is 5.56 Å². The first-order chi connectivity index (χ1) is 7.88. The van der Waals surface area contributed by atoms with E-state index >= 15 is 0 Å². The molecule has 5 heteroatoms. The van der Waals surface area contributed by atoms with Gasteiger partial charge in [-0.25, -0.2) is 4.79 Å². The zero-order chi connectivity index (χ0) is 12.6. The highest BCUT2D eigenvalue weighted by molar-refractivity contribution is 7.98. The molecule has 0 saturated carbocycles. The Morgan fingerprint density at radius 1 is 1.41 bits per heavy atom. The van der Waals surface area contributed by atoms with E-state index in [2.05, 4.69) is 0 Å². The van der Waals surface area contributed by atoms with Crippen molar-refractivity contribution in [3.8, 4) is 0 Å². The number of esters is 1. The van der Waals surface area contributed by atoms with Crippen LogP contribution in [0.15, 0.2) is 0 Å². The second kappa shape index (κ2) is 4.53. The van der Waals surface area contributed by atoms with Gasteiger partial charge < -0.3 is 10.5 Å². The summed E-state index contributed by atoms with van der Waals surface area (Å²) in [5.41, 5.74) is 7.20. The number of thioether (sulfide) groups is 1. The monoisotopic (exact) mass is 271 g/mol. The maximum absolute atomic E-state index is 12.1. The van der Waals surface area contributed by atoms with Gasteiger partial charge >= 0.3 is 5.97 Å². The minimum Gasteiger partial charge on any atom is -0.456 e. The van der Waals surface area contributed by atoms with Crippen molar-refractivity contribution < 1.29 is 9.53 Å². The highest BCUT2D eigenvalue weighted by atomic mass is 32.2. The minimum atomic E-state index is -0.470. The van der Waals surface area contributed by atoms with Crippen LogP contribution in [0.3, 0.4) is 0 Å². The van der Waals surface area contributed by atoms with Crippen molar-refractivity contribution in [3.63, 3.8) is 0 Å². The van der Waals surface area contributed by atoms with Crippen LogP contribution in [0.25, 0.3) is 0 Å². The Kier molecular flexibility index (Phi) is 3.41. The normalized spacial score (nSPS) is 15.5. The fourth-order valence-corrected chi connectivity index (χ4v) is 4.05. The summed E-state index contributed by atoms with van der Waals surface area (Å²) in [4.78, 5) is 13.3. The Hall–Kier alpha value is -0.680. The summed E-state index contributed by atoms with van der Waals surface area (Å²) in [6.07, 6.45) is 0.919. The van der Waals surface area contributed by atoms with Gasteiger partial charge in [0.15, 0.2) is 0 Å². The third kappa shape index (κ3) is 2.77. The van der Waals surface area contributed by atoms with Crippen molar-refractivity contribution in [3.05, 3.63) is 16.0 Å². The second-order valence-electron chi connectivity index (χ2n) is 5.05. The van der Waals surface area contributed by atoms with Crippen LogP contribution >= 0.6 is 23.1 Å². The maximum Gasteiger partial charge on any atom is 0.341 e. The number of nitrogen functional groups attached to an aromatic ring is 1. The Morgan fingerprint density at radius 2 is 2.12 bits per heavy atom. The number of fused-ring (bicyclic) bond motifs is 1. The topological polar surface area (TPSA) is 52.3 Å². The van der Waals surface area contributed by atoms with E-state index < -0.39 is 5.60 Å². The van der Waals surface area contributed by atoms with Gasteiger partial charge in [0.1, 0.15) is 10.6 Å². The van der Waals surface area contributed by atoms with Crippen molar-refractivity contribution in [1.82, 2.24) is 0 Å². The number of rotatable bonds is 1. The first-order valence-corrected chi connectivity index (χ1v) is 7.56. The summed E-state index contributed by atoms with van der Waals surface area (Å²) in [5.74, 6) is 1.74. The Bertz CT molecular complexity index is 446. The van der Waals surface area contributed by atoms with Crippen LogP contribution in [0.5, 0.6) is 0 Å². The molecule has 0 radical (unpaired) electrons. The maximum atomic E-state index is 12.1. The van der Waals surface area contributed by atoms with E-state index in [1.807, 2.05) is 32.5 Å². The first kappa shape index (κ1) is 12.8. The molecule has 0 atom stereocenters. The molecular weight excluding hydrogens is 254 g/mol. The molecule has 1 aliphatic rings. The molecule has 17 heavy (non-hydrogen) atoms. The van der Waals surface area contributed by atoms with E-state index in [1.54, 1.807) is 0 Å². The minimum absolute atomic E-state index is 0.278. The summed E-state index contributed by atoms with van der Waals surface area (Å²) in [7, 11) is 0. The fraction of sp³-hybridized carbons (Fsp3) is 0.583. The largest absolute Gasteiger partial charge is 0.456 e. The van der Waals surface area contributed by atoms with Crippen molar-refractivity contribution >= 4 is 34.1 Å². The summed E-state index contributed by atoms with van der Waals surface area (Å²) in [6, 6.07) is 0. The van der Waals surface area contributed by atoms with E-state index in [-0.39, 0.29) is 5.97 Å². The van der Waals surface area contributed by atoms with Crippen molar-refractivity contribution in [2.45, 2.75) is 38.5 Å². The lowest BCUT2D eigenvalue weighted by Gasteiger charge is -2.20. The molecule has 1 aromatic heterocycles. The molecule has 1 aliphatic heterocycles. The second-order valence-corrected chi connectivity index (χ2v) is 7.29. The summed E-state index contributed by atoms with van der Waals surface area (Å²) in [6.45, 7) is 5.61. The van der Waals surface area contributed by atoms with Crippen molar-refractivity contribution in [2.24, 2.45) is 0 Å². The number of ether oxygens (including phenoxy) is 1. The number of hydrogen-bond donors (Lipinski definition) is 1. The lowest BCUT2D eigenvalue weighted by atomic mass is 10.1. The van der Waals surface area contributed by atoms with Crippen LogP contribution in [0.4, 0.5) is 5.00 Å². The van der Waals surface area contributed by atoms with Crippen LogP contribution < -0.4 is 5.73 Å². The molecule has 0 spiro atoms. The van der Waals surface area contributed by atoms with Gasteiger partial charge in [-0.3, -0.25) is 0 Å². The van der Waals surface area contributed by atoms with Gasteiger partial charge in [-0.1, -0.05) is 0 Å². The molecule has 1 aromatic rings. The zero-order valence-corrected chi connectivity index (χ0v) is 12.0. The third-order valence-electron chi connectivity index (χ3n) is 2.45. The molecule has 0 fully saturated rings. The number of hydrogen-bond acceptors (Lipinski definition) is 5. The molecular formula is C12H17NO2S2. The van der Waals surface area contributed by atoms with Gasteiger partial charge in [0, 0.05) is 10.6 Å². The number of thiophene rings is 1. The number of nitrogens with two attached hydrogens (primary N) is 1. The van der Waals surface area contributed by atoms with Crippen LogP contribution in [-0.4, -0.2) is 17.3 Å². The summed E-state index contributed by atoms with van der Waals surface area (Å²) >= 11 is 3.41. The first-order valence-electron chi connectivity index (χ1n) is 5.59. The van der Waals surface area contributed by atoms with Crippen molar-refractivity contribution in [2.75, 3.05) is 11.5 Å². The van der Waals surface area contributed by atoms with E-state index in [9.17, 15) is 4.79 Å². The van der Waals surface area contributed by atoms with Crippen LogP contribution in [-0.2, 0) is 16.9 Å². The molecule has 0 saturated heterocycles. The quantitative estimate of drug-likeness (QED) is 0.798. The highest BCUT2D eigenvalue weighted by Crippen LogP contribution is 2.38. The van der Waals surface area contributed by atoms with E-state index in [0.717, 1.165) is 23.5 Å². The van der Waals surface area contributed by atoms with Crippen LogP contribution in [0.1, 0.15) is 41.6 Å². The Balaban J connectivity index is 2.32. The smallest absolute Gasteiger partial charge is 0.341 e. The fourth-order valence-electron chi connectivity index (χ4n) is 1.81. The summed E-state index contributed by atoms with van der Waals surface area (Å²) < 4.78 is 5.41. The van der Waals surface area contributed by atoms with Crippen molar-refractivity contribution in [1.29, 1.82) is 0 Å². The molecule has 94 valence electrons. The third-order valence-corrected chi connectivity index (χ3v) is 4.68. The molecule has 0 aliphatic carbocycles. The lowest BCUT2D eigenvalue weighted by Crippen LogP contribution is -2.25. The molecule has 0 unspecified atom stereocenters. The molecule has 0 aromatic carbocycles. The Labute approximate surface area is 110 Å². The molecule has 2 heterocycles. The average molecular weight is 271 g/mol. The zero-order valence-electron chi connectivity index (χ0n) is 10.3. The molecule has 2 N–H and O–H groups in total. The van der Waals surface area contributed by atoms with E-state index in [4.69, 9.17) is 10.5 Å². The van der Waals surface area contributed by atoms with Crippen LogP contribution in [0.2, 0.25) is 0 Å². The molecule has 0 bridgehead atoms. The lowest BCUT2D eigenvalue weighted by molar-refractivity contribution is 0.00702. The van der Waals surface area contributed by atoms with E-state index in [0.29, 0.717) is 10.6 Å².